The fourth-order valence-electron chi connectivity index (χ4n) is 4.12. The number of hydrogen-bond acceptors (Lipinski definition) is 5. The van der Waals surface area contributed by atoms with E-state index in [1.54, 1.807) is 0 Å². The first kappa shape index (κ1) is 17.5. The Kier molecular flexibility index (Phi) is 5.48. The highest BCUT2D eigenvalue weighted by molar-refractivity contribution is 5.79. The van der Waals surface area contributed by atoms with Gasteiger partial charge in [-0.05, 0) is 44.6 Å². The van der Waals surface area contributed by atoms with E-state index in [0.717, 1.165) is 31.7 Å². The Morgan fingerprint density at radius 1 is 1.19 bits per heavy atom. The lowest BCUT2D eigenvalue weighted by molar-refractivity contribution is -0.139. The molecular weight excluding hydrogens is 328 g/mol. The third-order valence-corrected chi connectivity index (χ3v) is 5.60. The Labute approximate surface area is 155 Å². The second-order valence-electron chi connectivity index (χ2n) is 7.43. The van der Waals surface area contributed by atoms with Crippen LogP contribution in [0.25, 0.3) is 0 Å². The molecule has 2 fully saturated rings. The highest BCUT2D eigenvalue weighted by Gasteiger charge is 2.31. The Balaban J connectivity index is 1.50. The maximum atomic E-state index is 13.0. The highest BCUT2D eigenvalue weighted by atomic mass is 16.5. The molecule has 3 heterocycles. The number of anilines is 1. The summed E-state index contributed by atoms with van der Waals surface area (Å²) < 4.78 is 5.67. The average Bonchev–Trinajstić information content (AvgIpc) is 3.24. The van der Waals surface area contributed by atoms with Gasteiger partial charge < -0.3 is 14.5 Å². The van der Waals surface area contributed by atoms with E-state index in [1.807, 2.05) is 17.2 Å². The first-order chi connectivity index (χ1) is 12.8. The van der Waals surface area contributed by atoms with Gasteiger partial charge in [-0.15, -0.1) is 0 Å². The predicted molar refractivity (Wildman–Crippen MR) is 99.9 cm³/mol. The molecule has 0 saturated carbocycles. The number of hydrogen-bond donors (Lipinski definition) is 0. The maximum absolute atomic E-state index is 13.0. The van der Waals surface area contributed by atoms with E-state index in [1.165, 1.54) is 31.3 Å². The van der Waals surface area contributed by atoms with Crippen molar-refractivity contribution in [3.05, 3.63) is 29.7 Å². The third-order valence-electron chi connectivity index (χ3n) is 5.60. The Morgan fingerprint density at radius 3 is 2.88 bits per heavy atom. The zero-order chi connectivity index (χ0) is 17.8. The number of ether oxygens (including phenoxy) is 1. The van der Waals surface area contributed by atoms with Crippen LogP contribution in [0.4, 0.5) is 5.82 Å². The van der Waals surface area contributed by atoms with Crippen molar-refractivity contribution in [2.75, 3.05) is 37.7 Å². The number of rotatable bonds is 4. The number of carbonyl (C=O) groups is 1. The molecule has 140 valence electrons. The molecule has 0 N–H and O–H groups in total. The van der Waals surface area contributed by atoms with Gasteiger partial charge in [-0.3, -0.25) is 4.79 Å². The zero-order valence-corrected chi connectivity index (χ0v) is 15.4. The molecule has 26 heavy (non-hydrogen) atoms. The van der Waals surface area contributed by atoms with Crippen LogP contribution < -0.4 is 4.90 Å². The van der Waals surface area contributed by atoms with Crippen LogP contribution in [0, 0.1) is 0 Å². The van der Waals surface area contributed by atoms with E-state index < -0.39 is 0 Å². The molecule has 0 radical (unpaired) electrons. The van der Waals surface area contributed by atoms with Crippen molar-refractivity contribution in [1.29, 1.82) is 0 Å². The van der Waals surface area contributed by atoms with Crippen LogP contribution in [0.5, 0.6) is 0 Å². The number of aromatic nitrogens is 2. The monoisotopic (exact) mass is 356 g/mol. The van der Waals surface area contributed by atoms with Gasteiger partial charge in [0.15, 0.2) is 5.82 Å². The van der Waals surface area contributed by atoms with Gasteiger partial charge in [0.25, 0.3) is 0 Å². The smallest absolute Gasteiger partial charge is 0.227 e. The molecule has 2 saturated heterocycles. The fraction of sp³-hybridized carbons (Fsp3) is 0.650. The molecule has 0 bridgehead atoms. The summed E-state index contributed by atoms with van der Waals surface area (Å²) in [5, 5.41) is 0. The van der Waals surface area contributed by atoms with Crippen LogP contribution in [-0.2, 0) is 9.53 Å². The zero-order valence-electron chi connectivity index (χ0n) is 15.4. The number of carbonyl (C=O) groups excluding carboxylic acids is 1. The summed E-state index contributed by atoms with van der Waals surface area (Å²) in [6.07, 6.45) is 11.6. The molecule has 1 aliphatic carbocycles. The SMILES string of the molecule is O=C(CC1=CCCCC1)N1CCOC[C@H]1c1nccc(N2CCCC2)n1. The quantitative estimate of drug-likeness (QED) is 0.777. The van der Waals surface area contributed by atoms with Crippen LogP contribution in [-0.4, -0.2) is 53.6 Å². The van der Waals surface area contributed by atoms with E-state index >= 15 is 0 Å². The summed E-state index contributed by atoms with van der Waals surface area (Å²) in [6, 6.07) is 1.79. The van der Waals surface area contributed by atoms with E-state index in [4.69, 9.17) is 9.72 Å². The van der Waals surface area contributed by atoms with Gasteiger partial charge in [-0.2, -0.15) is 0 Å². The molecule has 2 aliphatic heterocycles. The molecule has 1 atom stereocenters. The summed E-state index contributed by atoms with van der Waals surface area (Å²) in [4.78, 5) is 26.5. The lowest BCUT2D eigenvalue weighted by atomic mass is 9.96. The van der Waals surface area contributed by atoms with Crippen molar-refractivity contribution in [1.82, 2.24) is 14.9 Å². The standard InChI is InChI=1S/C20H28N4O2/c25-19(14-16-6-2-1-3-7-16)24-12-13-26-15-17(24)20-21-9-8-18(22-20)23-10-4-5-11-23/h6,8-9,17H,1-5,7,10-15H2/t17-/m0/s1. The molecule has 1 aromatic heterocycles. The minimum atomic E-state index is -0.178. The van der Waals surface area contributed by atoms with Crippen molar-refractivity contribution < 1.29 is 9.53 Å². The normalized spacial score (nSPS) is 23.8. The predicted octanol–water partition coefficient (Wildman–Crippen LogP) is 2.87. The second kappa shape index (κ2) is 8.16. The molecule has 0 spiro atoms. The second-order valence-corrected chi connectivity index (χ2v) is 7.43. The average molecular weight is 356 g/mol. The summed E-state index contributed by atoms with van der Waals surface area (Å²) in [6.45, 7) is 3.79. The minimum absolute atomic E-state index is 0.178. The van der Waals surface area contributed by atoms with Gasteiger partial charge in [0.05, 0.1) is 13.2 Å². The number of nitrogens with zero attached hydrogens (tertiary/aromatic N) is 4. The van der Waals surface area contributed by atoms with Gasteiger partial charge in [0, 0.05) is 32.3 Å². The molecule has 6 heteroatoms. The van der Waals surface area contributed by atoms with E-state index in [9.17, 15) is 4.79 Å². The number of amides is 1. The molecule has 3 aliphatic rings. The van der Waals surface area contributed by atoms with Crippen LogP contribution in [0.3, 0.4) is 0 Å². The van der Waals surface area contributed by atoms with E-state index in [-0.39, 0.29) is 11.9 Å². The molecular formula is C20H28N4O2. The summed E-state index contributed by atoms with van der Waals surface area (Å²) in [5.74, 6) is 1.86. The first-order valence-electron chi connectivity index (χ1n) is 9.94. The highest BCUT2D eigenvalue weighted by Crippen LogP contribution is 2.27. The Morgan fingerprint density at radius 2 is 2.08 bits per heavy atom. The van der Waals surface area contributed by atoms with Gasteiger partial charge in [0.1, 0.15) is 11.9 Å². The number of allylic oxidation sites excluding steroid dienone is 1. The molecule has 1 amide bonds. The maximum Gasteiger partial charge on any atom is 0.227 e. The Bertz CT molecular complexity index is 670. The van der Waals surface area contributed by atoms with Gasteiger partial charge in [-0.25, -0.2) is 9.97 Å². The Hall–Kier alpha value is -1.95. The van der Waals surface area contributed by atoms with Crippen LogP contribution in [0.2, 0.25) is 0 Å². The van der Waals surface area contributed by atoms with Crippen molar-refractivity contribution >= 4 is 11.7 Å². The van der Waals surface area contributed by atoms with Crippen LogP contribution >= 0.6 is 0 Å². The van der Waals surface area contributed by atoms with E-state index in [0.29, 0.717) is 32.0 Å². The molecule has 1 aromatic rings. The minimum Gasteiger partial charge on any atom is -0.377 e. The third kappa shape index (κ3) is 3.90. The molecule has 4 rings (SSSR count). The van der Waals surface area contributed by atoms with Crippen LogP contribution in [0.15, 0.2) is 23.9 Å². The van der Waals surface area contributed by atoms with Crippen LogP contribution in [0.1, 0.15) is 56.8 Å². The number of morpholine rings is 1. The van der Waals surface area contributed by atoms with Crippen molar-refractivity contribution in [2.45, 2.75) is 51.0 Å². The largest absolute Gasteiger partial charge is 0.377 e. The lowest BCUT2D eigenvalue weighted by Crippen LogP contribution is -2.44. The topological polar surface area (TPSA) is 58.6 Å². The lowest BCUT2D eigenvalue weighted by Gasteiger charge is -2.35. The molecule has 6 nitrogen and oxygen atoms in total. The summed E-state index contributed by atoms with van der Waals surface area (Å²) in [7, 11) is 0. The first-order valence-corrected chi connectivity index (χ1v) is 9.94. The van der Waals surface area contributed by atoms with Crippen molar-refractivity contribution in [3.8, 4) is 0 Å². The molecule has 0 aromatic carbocycles. The van der Waals surface area contributed by atoms with Gasteiger partial charge in [0.2, 0.25) is 5.91 Å². The fourth-order valence-corrected chi connectivity index (χ4v) is 4.12. The van der Waals surface area contributed by atoms with Gasteiger partial charge >= 0.3 is 0 Å². The molecule has 0 unspecified atom stereocenters. The van der Waals surface area contributed by atoms with Crippen molar-refractivity contribution in [2.24, 2.45) is 0 Å². The summed E-state index contributed by atoms with van der Waals surface area (Å²) in [5.41, 5.74) is 1.29. The van der Waals surface area contributed by atoms with E-state index in [2.05, 4.69) is 16.0 Å². The summed E-state index contributed by atoms with van der Waals surface area (Å²) >= 11 is 0. The van der Waals surface area contributed by atoms with Gasteiger partial charge in [-0.1, -0.05) is 11.6 Å². The van der Waals surface area contributed by atoms with Crippen molar-refractivity contribution in [3.63, 3.8) is 0 Å².